The lowest BCUT2D eigenvalue weighted by atomic mass is 10.1. The Bertz CT molecular complexity index is 1250. The van der Waals surface area contributed by atoms with Crippen LogP contribution in [-0.2, 0) is 19.5 Å². The topological polar surface area (TPSA) is 102 Å². The lowest BCUT2D eigenvalue weighted by Gasteiger charge is -2.07. The first-order valence-electron chi connectivity index (χ1n) is 10.0. The molecule has 0 spiro atoms. The van der Waals surface area contributed by atoms with E-state index in [0.717, 1.165) is 18.4 Å². The number of amides is 1. The lowest BCUT2D eigenvalue weighted by Crippen LogP contribution is -2.28. The van der Waals surface area contributed by atoms with Crippen LogP contribution in [0.25, 0.3) is 11.0 Å². The van der Waals surface area contributed by atoms with Crippen molar-refractivity contribution >= 4 is 16.9 Å². The normalized spacial score (nSPS) is 10.9. The molecule has 158 valence electrons. The second kappa shape index (κ2) is 9.25. The van der Waals surface area contributed by atoms with E-state index >= 15 is 0 Å². The Morgan fingerprint density at radius 3 is 2.74 bits per heavy atom. The van der Waals surface area contributed by atoms with E-state index in [1.54, 1.807) is 11.8 Å². The van der Waals surface area contributed by atoms with Gasteiger partial charge in [-0.1, -0.05) is 42.5 Å². The van der Waals surface area contributed by atoms with Crippen molar-refractivity contribution in [3.8, 4) is 5.75 Å². The van der Waals surface area contributed by atoms with Crippen molar-refractivity contribution in [2.75, 3.05) is 7.11 Å². The predicted molar refractivity (Wildman–Crippen MR) is 117 cm³/mol. The zero-order valence-electron chi connectivity index (χ0n) is 17.2. The van der Waals surface area contributed by atoms with Gasteiger partial charge < -0.3 is 15.0 Å². The first-order valence-corrected chi connectivity index (χ1v) is 10.0. The molecule has 4 rings (SSSR count). The number of nitrogens with one attached hydrogen (secondary N) is 2. The molecule has 0 saturated heterocycles. The molecule has 1 amide bonds. The number of nitrogens with zero attached hydrogens (tertiary/aromatic N) is 3. The molecule has 0 aliphatic carbocycles. The van der Waals surface area contributed by atoms with E-state index in [1.807, 2.05) is 42.5 Å². The fourth-order valence-corrected chi connectivity index (χ4v) is 3.41. The fourth-order valence-electron chi connectivity index (χ4n) is 3.41. The van der Waals surface area contributed by atoms with Gasteiger partial charge in [0.25, 0.3) is 11.5 Å². The Balaban J connectivity index is 1.44. The first kappa shape index (κ1) is 20.3. The summed E-state index contributed by atoms with van der Waals surface area (Å²) in [5, 5.41) is 7.05. The SMILES string of the molecule is COc1cccc(CNC(=O)c2nc3cnn(CCCc4ccccc4)c3c(=O)[nH]2)c1. The molecule has 0 saturated carbocycles. The molecule has 0 aliphatic heterocycles. The van der Waals surface area contributed by atoms with E-state index in [0.29, 0.717) is 23.3 Å². The van der Waals surface area contributed by atoms with Crippen LogP contribution < -0.4 is 15.6 Å². The smallest absolute Gasteiger partial charge is 0.287 e. The number of hydrogen-bond donors (Lipinski definition) is 2. The molecule has 8 heteroatoms. The summed E-state index contributed by atoms with van der Waals surface area (Å²) in [6.07, 6.45) is 3.24. The number of aryl methyl sites for hydroxylation is 2. The quantitative estimate of drug-likeness (QED) is 0.459. The maximum Gasteiger partial charge on any atom is 0.287 e. The average molecular weight is 417 g/mol. The minimum Gasteiger partial charge on any atom is -0.497 e. The van der Waals surface area contributed by atoms with E-state index < -0.39 is 5.91 Å². The Morgan fingerprint density at radius 2 is 1.94 bits per heavy atom. The summed E-state index contributed by atoms with van der Waals surface area (Å²) in [7, 11) is 1.59. The summed E-state index contributed by atoms with van der Waals surface area (Å²) in [5.41, 5.74) is 2.50. The van der Waals surface area contributed by atoms with Crippen LogP contribution in [-0.4, -0.2) is 32.8 Å². The molecule has 0 radical (unpaired) electrons. The van der Waals surface area contributed by atoms with Crippen molar-refractivity contribution in [2.24, 2.45) is 0 Å². The van der Waals surface area contributed by atoms with Gasteiger partial charge in [-0.05, 0) is 36.1 Å². The third kappa shape index (κ3) is 4.80. The monoisotopic (exact) mass is 417 g/mol. The van der Waals surface area contributed by atoms with E-state index in [2.05, 4.69) is 32.5 Å². The highest BCUT2D eigenvalue weighted by Crippen LogP contribution is 2.13. The van der Waals surface area contributed by atoms with Gasteiger partial charge in [-0.2, -0.15) is 5.10 Å². The van der Waals surface area contributed by atoms with Gasteiger partial charge in [0.2, 0.25) is 0 Å². The van der Waals surface area contributed by atoms with Crippen molar-refractivity contribution < 1.29 is 9.53 Å². The Labute approximate surface area is 178 Å². The molecular weight excluding hydrogens is 394 g/mol. The van der Waals surface area contributed by atoms with Crippen molar-refractivity contribution in [1.82, 2.24) is 25.1 Å². The summed E-state index contributed by atoms with van der Waals surface area (Å²) < 4.78 is 6.82. The maximum absolute atomic E-state index is 12.6. The van der Waals surface area contributed by atoms with Gasteiger partial charge in [0.1, 0.15) is 11.3 Å². The molecule has 0 unspecified atom stereocenters. The van der Waals surface area contributed by atoms with Gasteiger partial charge in [-0.15, -0.1) is 0 Å². The van der Waals surface area contributed by atoms with Gasteiger partial charge in [0.15, 0.2) is 11.3 Å². The van der Waals surface area contributed by atoms with Crippen molar-refractivity contribution in [1.29, 1.82) is 0 Å². The number of benzene rings is 2. The second-order valence-corrected chi connectivity index (χ2v) is 7.14. The summed E-state index contributed by atoms with van der Waals surface area (Å²) >= 11 is 0. The largest absolute Gasteiger partial charge is 0.497 e. The molecule has 2 aromatic heterocycles. The Hall–Kier alpha value is -3.94. The molecule has 0 aliphatic rings. The number of rotatable bonds is 8. The van der Waals surface area contributed by atoms with Gasteiger partial charge in [0, 0.05) is 13.1 Å². The molecule has 2 N–H and O–H groups in total. The molecular formula is C23H23N5O3. The van der Waals surface area contributed by atoms with Gasteiger partial charge in [-0.25, -0.2) is 4.98 Å². The van der Waals surface area contributed by atoms with E-state index in [1.165, 1.54) is 11.8 Å². The number of methoxy groups -OCH3 is 1. The number of H-pyrrole nitrogens is 1. The van der Waals surface area contributed by atoms with E-state index in [4.69, 9.17) is 4.74 Å². The molecule has 2 aromatic carbocycles. The first-order chi connectivity index (χ1) is 15.1. The minimum atomic E-state index is -0.460. The number of fused-ring (bicyclic) bond motifs is 1. The van der Waals surface area contributed by atoms with E-state index in [9.17, 15) is 9.59 Å². The molecule has 4 aromatic rings. The van der Waals surface area contributed by atoms with Crippen LogP contribution >= 0.6 is 0 Å². The molecule has 2 heterocycles. The van der Waals surface area contributed by atoms with Crippen molar-refractivity contribution in [3.05, 3.63) is 88.1 Å². The van der Waals surface area contributed by atoms with Crippen LogP contribution in [0.15, 0.2) is 65.6 Å². The third-order valence-electron chi connectivity index (χ3n) is 4.98. The van der Waals surface area contributed by atoms with E-state index in [-0.39, 0.29) is 17.9 Å². The van der Waals surface area contributed by atoms with Crippen LogP contribution in [0.2, 0.25) is 0 Å². The zero-order valence-corrected chi connectivity index (χ0v) is 17.2. The van der Waals surface area contributed by atoms with Crippen LogP contribution in [0, 0.1) is 0 Å². The minimum absolute atomic E-state index is 0.0377. The molecule has 0 atom stereocenters. The molecule has 0 bridgehead atoms. The molecule has 0 fully saturated rings. The van der Waals surface area contributed by atoms with Gasteiger partial charge in [0.05, 0.1) is 13.3 Å². The predicted octanol–water partition coefficient (Wildman–Crippen LogP) is 2.69. The molecule has 31 heavy (non-hydrogen) atoms. The highest BCUT2D eigenvalue weighted by Gasteiger charge is 2.15. The summed E-state index contributed by atoms with van der Waals surface area (Å²) in [6.45, 7) is 0.876. The number of aromatic amines is 1. The Morgan fingerprint density at radius 1 is 1.13 bits per heavy atom. The van der Waals surface area contributed by atoms with Crippen LogP contribution in [0.5, 0.6) is 5.75 Å². The second-order valence-electron chi connectivity index (χ2n) is 7.14. The third-order valence-corrected chi connectivity index (χ3v) is 4.98. The van der Waals surface area contributed by atoms with Crippen LogP contribution in [0.4, 0.5) is 0 Å². The van der Waals surface area contributed by atoms with Gasteiger partial charge in [-0.3, -0.25) is 14.3 Å². The highest BCUT2D eigenvalue weighted by atomic mass is 16.5. The summed E-state index contributed by atoms with van der Waals surface area (Å²) in [4.78, 5) is 32.0. The number of carbonyl (C=O) groups excluding carboxylic acids is 1. The highest BCUT2D eigenvalue weighted by molar-refractivity contribution is 5.92. The van der Waals surface area contributed by atoms with Crippen LogP contribution in [0.3, 0.4) is 0 Å². The molecule has 8 nitrogen and oxygen atoms in total. The lowest BCUT2D eigenvalue weighted by molar-refractivity contribution is 0.0940. The maximum atomic E-state index is 12.6. The number of ether oxygens (including phenoxy) is 1. The van der Waals surface area contributed by atoms with Gasteiger partial charge >= 0.3 is 0 Å². The van der Waals surface area contributed by atoms with Crippen LogP contribution in [0.1, 0.15) is 28.2 Å². The van der Waals surface area contributed by atoms with Crippen molar-refractivity contribution in [2.45, 2.75) is 25.9 Å². The van der Waals surface area contributed by atoms with Crippen molar-refractivity contribution in [3.63, 3.8) is 0 Å². The fraction of sp³-hybridized carbons (Fsp3) is 0.217. The number of aromatic nitrogens is 4. The number of hydrogen-bond acceptors (Lipinski definition) is 5. The summed E-state index contributed by atoms with van der Waals surface area (Å²) in [5.74, 6) is 0.210. The average Bonchev–Trinajstić information content (AvgIpc) is 3.22. The standard InChI is InChI=1S/C23H23N5O3/c1-31-18-11-5-9-17(13-18)14-24-23(30)21-26-19-15-25-28(20(19)22(29)27-21)12-6-10-16-7-3-2-4-8-16/h2-5,7-9,11,13,15H,6,10,12,14H2,1H3,(H,24,30)(H,26,27,29). The Kier molecular flexibility index (Phi) is 6.07. The summed E-state index contributed by atoms with van der Waals surface area (Å²) in [6, 6.07) is 17.5. The zero-order chi connectivity index (χ0) is 21.6. The number of carbonyl (C=O) groups is 1.